The fourth-order valence-corrected chi connectivity index (χ4v) is 5.01. The minimum atomic E-state index is -0.507. The summed E-state index contributed by atoms with van der Waals surface area (Å²) in [7, 11) is 0. The predicted molar refractivity (Wildman–Crippen MR) is 83.9 cm³/mol. The fourth-order valence-electron chi connectivity index (χ4n) is 5.01. The molecule has 4 aliphatic rings. The Kier molecular flexibility index (Phi) is 3.58. The Labute approximate surface area is 140 Å². The number of fused-ring (bicyclic) bond motifs is 2. The number of imide groups is 1. The summed E-state index contributed by atoms with van der Waals surface area (Å²) in [5.41, 5.74) is -0.118. The van der Waals surface area contributed by atoms with Crippen LogP contribution < -0.4 is 10.6 Å². The van der Waals surface area contributed by atoms with E-state index in [2.05, 4.69) is 17.6 Å². The molecule has 0 spiro atoms. The van der Waals surface area contributed by atoms with Crippen molar-refractivity contribution in [2.24, 2.45) is 11.3 Å². The average Bonchev–Trinajstić information content (AvgIpc) is 3.07. The van der Waals surface area contributed by atoms with E-state index in [4.69, 9.17) is 0 Å². The topological polar surface area (TPSA) is 102 Å². The van der Waals surface area contributed by atoms with Gasteiger partial charge in [0.05, 0.1) is 12.6 Å². The lowest BCUT2D eigenvalue weighted by Gasteiger charge is -2.46. The molecular formula is C16H24N4O4. The Bertz CT molecular complexity index is 581. The highest BCUT2D eigenvalue weighted by molar-refractivity contribution is 6.04. The van der Waals surface area contributed by atoms with Crippen LogP contribution in [0.15, 0.2) is 0 Å². The van der Waals surface area contributed by atoms with E-state index in [1.54, 1.807) is 4.90 Å². The first kappa shape index (κ1) is 15.8. The van der Waals surface area contributed by atoms with Crippen LogP contribution in [-0.2, 0) is 9.59 Å². The van der Waals surface area contributed by atoms with Gasteiger partial charge in [-0.1, -0.05) is 6.92 Å². The molecule has 24 heavy (non-hydrogen) atoms. The maximum absolute atomic E-state index is 12.7. The number of likely N-dealkylation sites (tertiary alicyclic amines) is 1. The van der Waals surface area contributed by atoms with Crippen LogP contribution in [0.4, 0.5) is 4.79 Å². The number of aliphatic hydroxyl groups is 1. The first-order valence-corrected chi connectivity index (χ1v) is 8.68. The lowest BCUT2D eigenvalue weighted by molar-refractivity contribution is -0.139. The normalized spacial score (nSPS) is 41.4. The number of nitrogens with zero attached hydrogens (tertiary/aromatic N) is 2. The Hall–Kier alpha value is -1.67. The first-order valence-electron chi connectivity index (χ1n) is 8.68. The van der Waals surface area contributed by atoms with Gasteiger partial charge in [-0.25, -0.2) is 4.79 Å². The molecule has 5 atom stereocenters. The summed E-state index contributed by atoms with van der Waals surface area (Å²) in [4.78, 5) is 38.7. The van der Waals surface area contributed by atoms with Crippen LogP contribution >= 0.6 is 0 Å². The summed E-state index contributed by atoms with van der Waals surface area (Å²) in [5, 5.41) is 16.8. The number of hydrogen-bond donors (Lipinski definition) is 3. The summed E-state index contributed by atoms with van der Waals surface area (Å²) in [6.45, 7) is 2.94. The van der Waals surface area contributed by atoms with Gasteiger partial charge in [0.2, 0.25) is 5.91 Å². The third-order valence-corrected chi connectivity index (χ3v) is 6.35. The van der Waals surface area contributed by atoms with Gasteiger partial charge in [0.25, 0.3) is 5.91 Å². The number of carbonyl (C=O) groups excluding carboxylic acids is 3. The molecule has 132 valence electrons. The SMILES string of the molecule is C[C@]12C[C@H]3CN(C(=O)CN4C(=O)CNC4=O)C[C@H](CC[C@@H]1N3)[C@H]2O. The van der Waals surface area contributed by atoms with E-state index >= 15 is 0 Å². The fraction of sp³-hybridized carbons (Fsp3) is 0.812. The van der Waals surface area contributed by atoms with Crippen molar-refractivity contribution in [2.75, 3.05) is 26.2 Å². The van der Waals surface area contributed by atoms with Crippen LogP contribution in [0.2, 0.25) is 0 Å². The van der Waals surface area contributed by atoms with Gasteiger partial charge in [0.1, 0.15) is 6.54 Å². The number of hydrogen-bond acceptors (Lipinski definition) is 5. The molecule has 0 aromatic rings. The number of nitrogens with one attached hydrogen (secondary N) is 2. The van der Waals surface area contributed by atoms with E-state index in [0.717, 1.165) is 24.2 Å². The predicted octanol–water partition coefficient (Wildman–Crippen LogP) is -1.11. The number of urea groups is 1. The van der Waals surface area contributed by atoms with Crippen LogP contribution in [0, 0.1) is 11.3 Å². The Morgan fingerprint density at radius 2 is 2.12 bits per heavy atom. The molecule has 3 N–H and O–H groups in total. The molecule has 3 aliphatic heterocycles. The van der Waals surface area contributed by atoms with Crippen molar-refractivity contribution >= 4 is 17.8 Å². The van der Waals surface area contributed by atoms with Gasteiger partial charge >= 0.3 is 6.03 Å². The molecular weight excluding hydrogens is 312 g/mol. The number of rotatable bonds is 2. The lowest BCUT2D eigenvalue weighted by Crippen LogP contribution is -2.54. The third kappa shape index (κ3) is 2.31. The minimum absolute atomic E-state index is 0.0440. The van der Waals surface area contributed by atoms with Gasteiger partial charge in [-0.15, -0.1) is 0 Å². The molecule has 0 unspecified atom stereocenters. The van der Waals surface area contributed by atoms with E-state index in [1.807, 2.05) is 0 Å². The lowest BCUT2D eigenvalue weighted by atomic mass is 9.64. The molecule has 4 amide bonds. The molecule has 0 aromatic heterocycles. The van der Waals surface area contributed by atoms with Crippen molar-refractivity contribution in [2.45, 2.75) is 44.4 Å². The van der Waals surface area contributed by atoms with Crippen molar-refractivity contribution in [1.29, 1.82) is 0 Å². The summed E-state index contributed by atoms with van der Waals surface area (Å²) in [6, 6.07) is -0.0524. The van der Waals surface area contributed by atoms with Crippen LogP contribution in [0.25, 0.3) is 0 Å². The van der Waals surface area contributed by atoms with Gasteiger partial charge in [-0.05, 0) is 19.3 Å². The van der Waals surface area contributed by atoms with E-state index in [9.17, 15) is 19.5 Å². The van der Waals surface area contributed by atoms with Gasteiger partial charge in [-0.3, -0.25) is 14.5 Å². The quantitative estimate of drug-likeness (QED) is 0.555. The largest absolute Gasteiger partial charge is 0.392 e. The number of amides is 4. The average molecular weight is 336 g/mol. The molecule has 3 saturated heterocycles. The summed E-state index contributed by atoms with van der Waals surface area (Å²) in [6.07, 6.45) is 2.32. The van der Waals surface area contributed by atoms with Crippen molar-refractivity contribution in [3.63, 3.8) is 0 Å². The summed E-state index contributed by atoms with van der Waals surface area (Å²) in [5.74, 6) is -0.541. The van der Waals surface area contributed by atoms with Gasteiger partial charge in [-0.2, -0.15) is 0 Å². The Morgan fingerprint density at radius 1 is 1.33 bits per heavy atom. The molecule has 1 saturated carbocycles. The van der Waals surface area contributed by atoms with Gasteiger partial charge in [0, 0.05) is 36.5 Å². The zero-order chi connectivity index (χ0) is 17.1. The first-order chi connectivity index (χ1) is 11.4. The van der Waals surface area contributed by atoms with E-state index in [1.165, 1.54) is 0 Å². The second kappa shape index (κ2) is 5.42. The van der Waals surface area contributed by atoms with Crippen molar-refractivity contribution in [3.8, 4) is 0 Å². The second-order valence-corrected chi connectivity index (χ2v) is 7.85. The molecule has 3 heterocycles. The zero-order valence-corrected chi connectivity index (χ0v) is 13.8. The standard InChI is InChI=1S/C16H24N4O4/c1-16-4-10-7-19(6-9(14(16)23)2-3-11(16)18-10)13(22)8-20-12(21)5-17-15(20)24/h9-11,14,18,23H,2-8H2,1H3,(H,17,24)/t9-,10-,11-,14+,16-/m0/s1. The maximum atomic E-state index is 12.7. The van der Waals surface area contributed by atoms with E-state index in [0.29, 0.717) is 19.1 Å². The monoisotopic (exact) mass is 336 g/mol. The highest BCUT2D eigenvalue weighted by atomic mass is 16.3. The molecule has 8 heteroatoms. The van der Waals surface area contributed by atoms with Crippen LogP contribution in [-0.4, -0.2) is 77.1 Å². The van der Waals surface area contributed by atoms with Crippen molar-refractivity contribution in [3.05, 3.63) is 0 Å². The zero-order valence-electron chi connectivity index (χ0n) is 13.8. The van der Waals surface area contributed by atoms with Crippen molar-refractivity contribution < 1.29 is 19.5 Å². The number of carbonyl (C=O) groups is 3. The van der Waals surface area contributed by atoms with Crippen molar-refractivity contribution in [1.82, 2.24) is 20.4 Å². The molecule has 0 radical (unpaired) electrons. The van der Waals surface area contributed by atoms with E-state index in [-0.39, 0.29) is 42.3 Å². The molecule has 0 aromatic carbocycles. The molecule has 8 nitrogen and oxygen atoms in total. The van der Waals surface area contributed by atoms with Crippen LogP contribution in [0.1, 0.15) is 26.2 Å². The van der Waals surface area contributed by atoms with Crippen LogP contribution in [0.5, 0.6) is 0 Å². The summed E-state index contributed by atoms with van der Waals surface area (Å²) < 4.78 is 0. The maximum Gasteiger partial charge on any atom is 0.325 e. The van der Waals surface area contributed by atoms with E-state index < -0.39 is 12.1 Å². The Morgan fingerprint density at radius 3 is 2.83 bits per heavy atom. The Balaban J connectivity index is 1.51. The highest BCUT2D eigenvalue weighted by Crippen LogP contribution is 2.48. The molecule has 4 rings (SSSR count). The second-order valence-electron chi connectivity index (χ2n) is 7.85. The molecule has 3 bridgehead atoms. The van der Waals surface area contributed by atoms with Crippen LogP contribution in [0.3, 0.4) is 0 Å². The molecule has 4 fully saturated rings. The smallest absolute Gasteiger partial charge is 0.325 e. The van der Waals surface area contributed by atoms with Gasteiger partial charge in [0.15, 0.2) is 0 Å². The third-order valence-electron chi connectivity index (χ3n) is 6.35. The van der Waals surface area contributed by atoms with Gasteiger partial charge < -0.3 is 20.6 Å². The summed E-state index contributed by atoms with van der Waals surface area (Å²) >= 11 is 0. The molecule has 1 aliphatic carbocycles. The number of aliphatic hydroxyl groups excluding tert-OH is 1. The minimum Gasteiger partial charge on any atom is -0.392 e. The highest BCUT2D eigenvalue weighted by Gasteiger charge is 2.55.